The average molecular weight is 233 g/mol. The number of nitrogen functional groups attached to an aromatic ring is 1. The van der Waals surface area contributed by atoms with E-state index in [-0.39, 0.29) is 17.1 Å². The largest absolute Gasteiger partial charge is 0.393 e. The number of pyridine rings is 1. The molecule has 0 fully saturated rings. The summed E-state index contributed by atoms with van der Waals surface area (Å²) in [4.78, 5) is 14.2. The highest BCUT2D eigenvalue weighted by molar-refractivity contribution is 5.77. The number of hydrogen-bond acceptors (Lipinski definition) is 4. The van der Waals surface area contributed by atoms with Crippen LogP contribution in [-0.2, 0) is 0 Å². The predicted octanol–water partition coefficient (Wildman–Crippen LogP) is 2.38. The standard InChI is InChI=1S/C11H8FN3O2/c12-8-3-1-7(2-4-8)10-11(15(16)17)9(13)5-6-14-10/h1-6H,(H2,13,14). The van der Waals surface area contributed by atoms with Crippen LogP contribution in [0.1, 0.15) is 0 Å². The van der Waals surface area contributed by atoms with Crippen LogP contribution >= 0.6 is 0 Å². The maximum Gasteiger partial charge on any atom is 0.318 e. The molecule has 2 N–H and O–H groups in total. The SMILES string of the molecule is Nc1ccnc(-c2ccc(F)cc2)c1[N+](=O)[O-]. The lowest BCUT2D eigenvalue weighted by molar-refractivity contribution is -0.383. The number of halogens is 1. The molecule has 1 aromatic heterocycles. The first-order valence-corrected chi connectivity index (χ1v) is 4.74. The fourth-order valence-corrected chi connectivity index (χ4v) is 1.48. The highest BCUT2D eigenvalue weighted by Gasteiger charge is 2.20. The first kappa shape index (κ1) is 11.0. The van der Waals surface area contributed by atoms with Gasteiger partial charge in [-0.2, -0.15) is 0 Å². The topological polar surface area (TPSA) is 82.0 Å². The molecule has 0 spiro atoms. The van der Waals surface area contributed by atoms with Crippen LogP contribution in [0.4, 0.5) is 15.8 Å². The van der Waals surface area contributed by atoms with Crippen LogP contribution in [0.15, 0.2) is 36.5 Å². The van der Waals surface area contributed by atoms with E-state index in [0.29, 0.717) is 5.56 Å². The van der Waals surface area contributed by atoms with E-state index >= 15 is 0 Å². The third kappa shape index (κ3) is 2.05. The molecule has 0 aliphatic heterocycles. The lowest BCUT2D eigenvalue weighted by atomic mass is 10.1. The van der Waals surface area contributed by atoms with Crippen molar-refractivity contribution < 1.29 is 9.31 Å². The van der Waals surface area contributed by atoms with E-state index in [9.17, 15) is 14.5 Å². The van der Waals surface area contributed by atoms with Crippen LogP contribution in [0, 0.1) is 15.9 Å². The molecular formula is C11H8FN3O2. The monoisotopic (exact) mass is 233 g/mol. The number of nitrogens with two attached hydrogens (primary N) is 1. The number of aromatic nitrogens is 1. The zero-order chi connectivity index (χ0) is 12.4. The quantitative estimate of drug-likeness (QED) is 0.637. The summed E-state index contributed by atoms with van der Waals surface area (Å²) >= 11 is 0. The molecule has 0 aliphatic rings. The van der Waals surface area contributed by atoms with Crippen molar-refractivity contribution in [3.8, 4) is 11.3 Å². The molecule has 0 atom stereocenters. The van der Waals surface area contributed by atoms with Gasteiger partial charge in [0, 0.05) is 11.8 Å². The predicted molar refractivity (Wildman–Crippen MR) is 60.7 cm³/mol. The van der Waals surface area contributed by atoms with Crippen molar-refractivity contribution in [1.82, 2.24) is 4.98 Å². The summed E-state index contributed by atoms with van der Waals surface area (Å²) < 4.78 is 12.8. The Bertz CT molecular complexity index is 569. The van der Waals surface area contributed by atoms with Crippen molar-refractivity contribution in [1.29, 1.82) is 0 Å². The van der Waals surface area contributed by atoms with E-state index < -0.39 is 10.7 Å². The van der Waals surface area contributed by atoms with Crippen molar-refractivity contribution in [3.63, 3.8) is 0 Å². The third-order valence-corrected chi connectivity index (χ3v) is 2.26. The molecule has 0 bridgehead atoms. The summed E-state index contributed by atoms with van der Waals surface area (Å²) in [6, 6.07) is 6.62. The van der Waals surface area contributed by atoms with E-state index in [1.165, 1.54) is 36.5 Å². The molecular weight excluding hydrogens is 225 g/mol. The van der Waals surface area contributed by atoms with E-state index in [1.807, 2.05) is 0 Å². The minimum atomic E-state index is -0.596. The molecule has 86 valence electrons. The van der Waals surface area contributed by atoms with Gasteiger partial charge in [0.1, 0.15) is 17.2 Å². The maximum atomic E-state index is 12.8. The first-order valence-electron chi connectivity index (χ1n) is 4.74. The number of benzene rings is 1. The summed E-state index contributed by atoms with van der Waals surface area (Å²) in [5, 5.41) is 10.9. The summed E-state index contributed by atoms with van der Waals surface area (Å²) in [6.07, 6.45) is 1.38. The first-order chi connectivity index (χ1) is 8.09. The van der Waals surface area contributed by atoms with Gasteiger partial charge >= 0.3 is 5.69 Å². The molecule has 0 saturated heterocycles. The van der Waals surface area contributed by atoms with Gasteiger partial charge in [0.15, 0.2) is 0 Å². The average Bonchev–Trinajstić information content (AvgIpc) is 2.29. The van der Waals surface area contributed by atoms with Crippen molar-refractivity contribution in [2.45, 2.75) is 0 Å². The highest BCUT2D eigenvalue weighted by Crippen LogP contribution is 2.32. The Labute approximate surface area is 95.9 Å². The van der Waals surface area contributed by atoms with Gasteiger partial charge in [0.2, 0.25) is 0 Å². The Hall–Kier alpha value is -2.50. The van der Waals surface area contributed by atoms with Crippen LogP contribution in [0.2, 0.25) is 0 Å². The van der Waals surface area contributed by atoms with Crippen LogP contribution in [0.3, 0.4) is 0 Å². The zero-order valence-electron chi connectivity index (χ0n) is 8.63. The van der Waals surface area contributed by atoms with Crippen LogP contribution in [0.25, 0.3) is 11.3 Å². The molecule has 6 heteroatoms. The fraction of sp³-hybridized carbons (Fsp3) is 0. The second-order valence-corrected chi connectivity index (χ2v) is 3.36. The van der Waals surface area contributed by atoms with E-state index in [1.54, 1.807) is 0 Å². The molecule has 2 rings (SSSR count). The Morgan fingerprint density at radius 1 is 1.24 bits per heavy atom. The van der Waals surface area contributed by atoms with Gasteiger partial charge in [-0.1, -0.05) is 0 Å². The highest BCUT2D eigenvalue weighted by atomic mass is 19.1. The van der Waals surface area contributed by atoms with Crippen molar-refractivity contribution >= 4 is 11.4 Å². The molecule has 0 saturated carbocycles. The van der Waals surface area contributed by atoms with Gasteiger partial charge in [-0.05, 0) is 30.3 Å². The second kappa shape index (κ2) is 4.17. The van der Waals surface area contributed by atoms with Gasteiger partial charge in [-0.3, -0.25) is 10.1 Å². The number of anilines is 1. The molecule has 1 aromatic carbocycles. The van der Waals surface area contributed by atoms with Gasteiger partial charge in [0.25, 0.3) is 0 Å². The van der Waals surface area contributed by atoms with Crippen molar-refractivity contribution in [2.75, 3.05) is 5.73 Å². The van der Waals surface area contributed by atoms with Crippen molar-refractivity contribution in [3.05, 3.63) is 52.5 Å². The van der Waals surface area contributed by atoms with Gasteiger partial charge in [-0.15, -0.1) is 0 Å². The summed E-state index contributed by atoms with van der Waals surface area (Å²) in [5.74, 6) is -0.416. The number of hydrogen-bond donors (Lipinski definition) is 1. The third-order valence-electron chi connectivity index (χ3n) is 2.26. The minimum absolute atomic E-state index is 0.0318. The summed E-state index contributed by atoms with van der Waals surface area (Å²) in [7, 11) is 0. The maximum absolute atomic E-state index is 12.8. The van der Waals surface area contributed by atoms with Crippen LogP contribution in [-0.4, -0.2) is 9.91 Å². The van der Waals surface area contributed by atoms with E-state index in [4.69, 9.17) is 5.73 Å². The molecule has 1 heterocycles. The Morgan fingerprint density at radius 3 is 2.47 bits per heavy atom. The van der Waals surface area contributed by atoms with Gasteiger partial charge < -0.3 is 5.73 Å². The number of rotatable bonds is 2. The molecule has 2 aromatic rings. The van der Waals surface area contributed by atoms with E-state index in [0.717, 1.165) is 0 Å². The Morgan fingerprint density at radius 2 is 1.88 bits per heavy atom. The zero-order valence-corrected chi connectivity index (χ0v) is 8.63. The Balaban J connectivity index is 2.63. The molecule has 5 nitrogen and oxygen atoms in total. The van der Waals surface area contributed by atoms with E-state index in [2.05, 4.69) is 4.98 Å². The molecule has 0 unspecified atom stereocenters. The smallest absolute Gasteiger partial charge is 0.318 e. The van der Waals surface area contributed by atoms with Gasteiger partial charge in [0.05, 0.1) is 4.92 Å². The normalized spacial score (nSPS) is 10.2. The van der Waals surface area contributed by atoms with Crippen molar-refractivity contribution in [2.24, 2.45) is 0 Å². The summed E-state index contributed by atoms with van der Waals surface area (Å²) in [5.41, 5.74) is 5.88. The molecule has 0 amide bonds. The number of nitro groups is 1. The Kier molecular flexibility index (Phi) is 2.70. The molecule has 0 aliphatic carbocycles. The molecule has 17 heavy (non-hydrogen) atoms. The minimum Gasteiger partial charge on any atom is -0.393 e. The van der Waals surface area contributed by atoms with Crippen LogP contribution < -0.4 is 5.73 Å². The lowest BCUT2D eigenvalue weighted by Crippen LogP contribution is -1.99. The molecule has 0 radical (unpaired) electrons. The number of nitrogens with zero attached hydrogens (tertiary/aromatic N) is 2. The summed E-state index contributed by atoms with van der Waals surface area (Å²) in [6.45, 7) is 0. The fourth-order valence-electron chi connectivity index (χ4n) is 1.48. The second-order valence-electron chi connectivity index (χ2n) is 3.36. The van der Waals surface area contributed by atoms with Gasteiger partial charge in [-0.25, -0.2) is 9.37 Å². The van der Waals surface area contributed by atoms with Crippen LogP contribution in [0.5, 0.6) is 0 Å². The lowest BCUT2D eigenvalue weighted by Gasteiger charge is -2.03.